The Labute approximate surface area is 194 Å². The van der Waals surface area contributed by atoms with Gasteiger partial charge in [-0.1, -0.05) is 17.7 Å². The van der Waals surface area contributed by atoms with Gasteiger partial charge < -0.3 is 19.8 Å². The molecule has 3 amide bonds. The highest BCUT2D eigenvalue weighted by atomic mass is 35.5. The molecule has 9 heteroatoms. The maximum atomic E-state index is 13.0. The van der Waals surface area contributed by atoms with E-state index < -0.39 is 11.8 Å². The van der Waals surface area contributed by atoms with Crippen molar-refractivity contribution in [1.29, 1.82) is 0 Å². The fraction of sp³-hybridized carbons (Fsp3) is 0.125. The summed E-state index contributed by atoms with van der Waals surface area (Å²) in [5, 5.41) is 5.40. The van der Waals surface area contributed by atoms with Crippen LogP contribution in [-0.2, 0) is 16.1 Å². The smallest absolute Gasteiger partial charge is 0.283 e. The quantitative estimate of drug-likeness (QED) is 0.487. The minimum atomic E-state index is -0.638. The zero-order valence-electron chi connectivity index (χ0n) is 17.6. The number of imide groups is 1. The van der Waals surface area contributed by atoms with Crippen molar-refractivity contribution in [2.45, 2.75) is 13.5 Å². The van der Waals surface area contributed by atoms with Crippen LogP contribution < -0.4 is 20.3 Å². The van der Waals surface area contributed by atoms with E-state index in [0.29, 0.717) is 35.1 Å². The summed E-state index contributed by atoms with van der Waals surface area (Å²) in [6, 6.07) is 16.6. The van der Waals surface area contributed by atoms with Gasteiger partial charge in [0, 0.05) is 11.3 Å². The number of ether oxygens (including phenoxy) is 1. The van der Waals surface area contributed by atoms with E-state index in [-0.39, 0.29) is 23.2 Å². The molecule has 0 atom stereocenters. The minimum Gasteiger partial charge on any atom is -0.494 e. The molecule has 33 heavy (non-hydrogen) atoms. The van der Waals surface area contributed by atoms with Crippen LogP contribution in [0.1, 0.15) is 23.0 Å². The van der Waals surface area contributed by atoms with Crippen LogP contribution in [0, 0.1) is 0 Å². The van der Waals surface area contributed by atoms with Crippen molar-refractivity contribution >= 4 is 40.7 Å². The van der Waals surface area contributed by atoms with E-state index in [1.807, 2.05) is 6.92 Å². The molecule has 0 bridgehead atoms. The molecule has 0 spiro atoms. The molecule has 2 aromatic carbocycles. The number of amides is 3. The molecular weight excluding hydrogens is 446 g/mol. The third kappa shape index (κ3) is 4.75. The van der Waals surface area contributed by atoms with Gasteiger partial charge in [0.25, 0.3) is 17.7 Å². The zero-order chi connectivity index (χ0) is 23.4. The lowest BCUT2D eigenvalue weighted by Gasteiger charge is -2.16. The first-order valence-electron chi connectivity index (χ1n) is 10.2. The van der Waals surface area contributed by atoms with Crippen LogP contribution in [0.25, 0.3) is 0 Å². The fourth-order valence-electron chi connectivity index (χ4n) is 3.27. The highest BCUT2D eigenvalue weighted by Gasteiger charge is 2.39. The molecule has 0 radical (unpaired) electrons. The second kappa shape index (κ2) is 9.62. The average molecular weight is 466 g/mol. The van der Waals surface area contributed by atoms with Crippen LogP contribution in [0.4, 0.5) is 11.4 Å². The fourth-order valence-corrected chi connectivity index (χ4v) is 3.48. The summed E-state index contributed by atoms with van der Waals surface area (Å²) < 4.78 is 10.6. The summed E-state index contributed by atoms with van der Waals surface area (Å²) in [7, 11) is 0. The number of nitrogens with zero attached hydrogens (tertiary/aromatic N) is 1. The average Bonchev–Trinajstić information content (AvgIpc) is 3.42. The Morgan fingerprint density at radius 3 is 2.55 bits per heavy atom. The second-order valence-electron chi connectivity index (χ2n) is 7.03. The molecule has 1 aliphatic heterocycles. The number of halogens is 1. The summed E-state index contributed by atoms with van der Waals surface area (Å²) in [5.74, 6) is -0.304. The number of benzene rings is 2. The molecule has 0 unspecified atom stereocenters. The van der Waals surface area contributed by atoms with E-state index in [4.69, 9.17) is 20.8 Å². The van der Waals surface area contributed by atoms with Crippen LogP contribution in [0.2, 0.25) is 0 Å². The standard InChI is InChI=1S/C24H20ClN3O5/c1-2-32-18-10-8-17(9-11-18)28-23(30)20(25)21(24(28)31)27-16-6-3-5-15(13-16)22(29)26-14-19-7-4-12-33-19/h3-13,27H,2,14H2,1H3,(H,26,29). The normalized spacial score (nSPS) is 13.5. The predicted octanol–water partition coefficient (Wildman–Crippen LogP) is 4.04. The van der Waals surface area contributed by atoms with E-state index in [2.05, 4.69) is 10.6 Å². The molecule has 2 heterocycles. The third-order valence-corrected chi connectivity index (χ3v) is 5.18. The van der Waals surface area contributed by atoms with Gasteiger partial charge in [0.1, 0.15) is 22.2 Å². The summed E-state index contributed by atoms with van der Waals surface area (Å²) in [6.45, 7) is 2.60. The summed E-state index contributed by atoms with van der Waals surface area (Å²) in [4.78, 5) is 39.1. The van der Waals surface area contributed by atoms with E-state index in [9.17, 15) is 14.4 Å². The van der Waals surface area contributed by atoms with E-state index in [1.54, 1.807) is 60.7 Å². The van der Waals surface area contributed by atoms with E-state index >= 15 is 0 Å². The Balaban J connectivity index is 1.48. The summed E-state index contributed by atoms with van der Waals surface area (Å²) in [5.41, 5.74) is 1.10. The molecule has 4 rings (SSSR count). The van der Waals surface area contributed by atoms with Gasteiger partial charge >= 0.3 is 0 Å². The Morgan fingerprint density at radius 1 is 1.06 bits per heavy atom. The Hall–Kier alpha value is -4.04. The van der Waals surface area contributed by atoms with Gasteiger partial charge in [-0.2, -0.15) is 0 Å². The Kier molecular flexibility index (Phi) is 6.46. The van der Waals surface area contributed by atoms with Crippen LogP contribution in [0.5, 0.6) is 5.75 Å². The molecule has 168 valence electrons. The van der Waals surface area contributed by atoms with Gasteiger partial charge in [-0.3, -0.25) is 14.4 Å². The number of carbonyl (C=O) groups excluding carboxylic acids is 3. The summed E-state index contributed by atoms with van der Waals surface area (Å²) >= 11 is 6.20. The molecule has 1 aliphatic rings. The van der Waals surface area contributed by atoms with Crippen LogP contribution in [0.15, 0.2) is 82.1 Å². The predicted molar refractivity (Wildman–Crippen MR) is 123 cm³/mol. The minimum absolute atomic E-state index is 0.0660. The van der Waals surface area contributed by atoms with Crippen LogP contribution in [-0.4, -0.2) is 24.3 Å². The Bertz CT molecular complexity index is 1220. The number of furan rings is 1. The van der Waals surface area contributed by atoms with E-state index in [0.717, 1.165) is 4.90 Å². The molecule has 8 nitrogen and oxygen atoms in total. The topological polar surface area (TPSA) is 101 Å². The largest absolute Gasteiger partial charge is 0.494 e. The highest BCUT2D eigenvalue weighted by molar-refractivity contribution is 6.53. The number of anilines is 2. The number of hydrogen-bond donors (Lipinski definition) is 2. The van der Waals surface area contributed by atoms with Crippen LogP contribution >= 0.6 is 11.6 Å². The van der Waals surface area contributed by atoms with Gasteiger partial charge in [0.05, 0.1) is 25.1 Å². The molecule has 3 aromatic rings. The van der Waals surface area contributed by atoms with Crippen LogP contribution in [0.3, 0.4) is 0 Å². The number of nitrogens with one attached hydrogen (secondary N) is 2. The molecule has 0 saturated carbocycles. The lowest BCUT2D eigenvalue weighted by Crippen LogP contribution is -2.32. The SMILES string of the molecule is CCOc1ccc(N2C(=O)C(Cl)=C(Nc3cccc(C(=O)NCc4ccco4)c3)C2=O)cc1. The van der Waals surface area contributed by atoms with Crippen molar-refractivity contribution in [1.82, 2.24) is 5.32 Å². The van der Waals surface area contributed by atoms with Crippen molar-refractivity contribution in [3.8, 4) is 5.75 Å². The van der Waals surface area contributed by atoms with Crippen molar-refractivity contribution in [3.05, 3.63) is 89.0 Å². The first kappa shape index (κ1) is 22.2. The monoisotopic (exact) mass is 465 g/mol. The van der Waals surface area contributed by atoms with E-state index in [1.165, 1.54) is 6.26 Å². The number of rotatable bonds is 8. The maximum Gasteiger partial charge on any atom is 0.283 e. The molecule has 0 fully saturated rings. The van der Waals surface area contributed by atoms with Gasteiger partial charge in [0.15, 0.2) is 0 Å². The second-order valence-corrected chi connectivity index (χ2v) is 7.41. The summed E-state index contributed by atoms with van der Waals surface area (Å²) in [6.07, 6.45) is 1.53. The first-order valence-corrected chi connectivity index (χ1v) is 10.5. The zero-order valence-corrected chi connectivity index (χ0v) is 18.4. The van der Waals surface area contributed by atoms with Gasteiger partial charge in [-0.25, -0.2) is 4.90 Å². The first-order chi connectivity index (χ1) is 16.0. The lowest BCUT2D eigenvalue weighted by molar-refractivity contribution is -0.120. The van der Waals surface area contributed by atoms with Gasteiger partial charge in [-0.05, 0) is 61.5 Å². The number of carbonyl (C=O) groups is 3. The van der Waals surface area contributed by atoms with Crippen molar-refractivity contribution in [2.24, 2.45) is 0 Å². The molecule has 2 N–H and O–H groups in total. The van der Waals surface area contributed by atoms with Crippen molar-refractivity contribution in [3.63, 3.8) is 0 Å². The molecule has 0 aliphatic carbocycles. The Morgan fingerprint density at radius 2 is 1.85 bits per heavy atom. The maximum absolute atomic E-state index is 13.0. The molecule has 1 aromatic heterocycles. The van der Waals surface area contributed by atoms with Gasteiger partial charge in [0.2, 0.25) is 0 Å². The van der Waals surface area contributed by atoms with Crippen molar-refractivity contribution in [2.75, 3.05) is 16.8 Å². The van der Waals surface area contributed by atoms with Crippen molar-refractivity contribution < 1.29 is 23.5 Å². The third-order valence-electron chi connectivity index (χ3n) is 4.83. The van der Waals surface area contributed by atoms with Gasteiger partial charge in [-0.15, -0.1) is 0 Å². The number of hydrogen-bond acceptors (Lipinski definition) is 6. The lowest BCUT2D eigenvalue weighted by atomic mass is 10.2. The highest BCUT2D eigenvalue weighted by Crippen LogP contribution is 2.31. The molecule has 0 saturated heterocycles. The molecular formula is C24H20ClN3O5.